The average molecular weight is 841 g/mol. The Morgan fingerprint density at radius 3 is 2.67 bits per heavy atom. The first kappa shape index (κ1) is 41.0. The fraction of sp³-hybridized carbons (Fsp3) is 0.471. The van der Waals surface area contributed by atoms with Crippen molar-refractivity contribution in [2.75, 3.05) is 23.8 Å². The lowest BCUT2D eigenvalue weighted by Gasteiger charge is -2.28. The highest BCUT2D eigenvalue weighted by Gasteiger charge is 2.50. The third kappa shape index (κ3) is 8.50. The van der Waals surface area contributed by atoms with Crippen molar-refractivity contribution in [2.24, 2.45) is 5.92 Å². The largest absolute Gasteiger partial charge is 0.388 e. The highest BCUT2D eigenvalue weighted by atomic mass is 32.5. The average Bonchev–Trinajstić information content (AvgIpc) is 3.99. The van der Waals surface area contributed by atoms with E-state index < -0.39 is 61.2 Å². The zero-order chi connectivity index (χ0) is 41.1. The smallest absolute Gasteiger partial charge is 0.327 e. The van der Waals surface area contributed by atoms with Gasteiger partial charge in [-0.15, -0.1) is 5.10 Å². The predicted octanol–water partition coefficient (Wildman–Crippen LogP) is 3.05. The van der Waals surface area contributed by atoms with Crippen LogP contribution >= 0.6 is 6.72 Å². The SMILES string of the molecule is CC[C@H]1O[C@@H](n2nnc3c(NC(=O)c4ccccc4)ncnc32)[C@@H](F)[C@@H]1OP(=S)(OCCC#N)OC[C@@H]1C[C@H](O)[C@H](n2cnc3c(=O)[nH]c(NC(=O)C(C)C)nc32)O1. The molecule has 0 radical (unpaired) electrons. The Labute approximate surface area is 333 Å². The number of halogens is 1. The zero-order valence-corrected chi connectivity index (χ0v) is 32.9. The minimum atomic E-state index is -3.85. The number of carbonyl (C=O) groups excluding carboxylic acids is 2. The van der Waals surface area contributed by atoms with Crippen LogP contribution in [0.3, 0.4) is 0 Å². The monoisotopic (exact) mass is 840 g/mol. The number of aromatic amines is 1. The molecule has 8 atom stereocenters. The molecule has 0 aliphatic carbocycles. The van der Waals surface area contributed by atoms with Crippen LogP contribution < -0.4 is 16.2 Å². The first-order chi connectivity index (χ1) is 27.9. The lowest BCUT2D eigenvalue weighted by Crippen LogP contribution is -2.32. The molecular weight excluding hydrogens is 802 g/mol. The van der Waals surface area contributed by atoms with E-state index in [4.69, 9.17) is 34.9 Å². The second-order valence-corrected chi connectivity index (χ2v) is 16.5. The van der Waals surface area contributed by atoms with Crippen LogP contribution in [0.2, 0.25) is 0 Å². The molecule has 6 heterocycles. The van der Waals surface area contributed by atoms with E-state index in [2.05, 4.69) is 45.9 Å². The fourth-order valence-corrected chi connectivity index (χ4v) is 8.40. The van der Waals surface area contributed by atoms with Crippen molar-refractivity contribution in [3.63, 3.8) is 0 Å². The summed E-state index contributed by atoms with van der Waals surface area (Å²) >= 11 is 5.74. The van der Waals surface area contributed by atoms with Gasteiger partial charge in [0.25, 0.3) is 11.5 Å². The number of anilines is 2. The van der Waals surface area contributed by atoms with Crippen LogP contribution in [0.15, 0.2) is 47.8 Å². The molecule has 2 fully saturated rings. The minimum Gasteiger partial charge on any atom is -0.388 e. The number of ether oxygens (including phenoxy) is 2. The number of hydrogen-bond donors (Lipinski definition) is 4. The summed E-state index contributed by atoms with van der Waals surface area (Å²) in [6.07, 6.45) is -5.83. The molecule has 0 bridgehead atoms. The van der Waals surface area contributed by atoms with Gasteiger partial charge >= 0.3 is 6.72 Å². The number of aliphatic hydroxyl groups is 1. The summed E-state index contributed by atoms with van der Waals surface area (Å²) in [5, 5.41) is 33.7. The molecule has 0 saturated carbocycles. The number of alkyl halides is 1. The van der Waals surface area contributed by atoms with Crippen molar-refractivity contribution >= 4 is 64.4 Å². The number of H-pyrrole nitrogens is 1. The molecule has 0 spiro atoms. The Bertz CT molecular complexity index is 2450. The Morgan fingerprint density at radius 1 is 1.14 bits per heavy atom. The van der Waals surface area contributed by atoms with Crippen LogP contribution in [0.25, 0.3) is 22.3 Å². The summed E-state index contributed by atoms with van der Waals surface area (Å²) in [7, 11) is 0. The van der Waals surface area contributed by atoms with Crippen LogP contribution in [0.5, 0.6) is 0 Å². The van der Waals surface area contributed by atoms with Gasteiger partial charge in [0.15, 0.2) is 46.8 Å². The van der Waals surface area contributed by atoms with Crippen molar-refractivity contribution in [1.82, 2.24) is 44.5 Å². The van der Waals surface area contributed by atoms with Crippen LogP contribution in [0, 0.1) is 17.2 Å². The molecule has 21 nitrogen and oxygen atoms in total. The highest BCUT2D eigenvalue weighted by molar-refractivity contribution is 8.07. The number of carbonyl (C=O) groups is 2. The molecule has 2 aliphatic rings. The number of nitrogens with one attached hydrogen (secondary N) is 3. The van der Waals surface area contributed by atoms with E-state index in [1.165, 1.54) is 17.2 Å². The molecule has 2 saturated heterocycles. The number of fused-ring (bicyclic) bond motifs is 2. The Morgan fingerprint density at radius 2 is 1.93 bits per heavy atom. The van der Waals surface area contributed by atoms with Crippen LogP contribution in [0.4, 0.5) is 16.2 Å². The van der Waals surface area contributed by atoms with Gasteiger partial charge in [0, 0.05) is 17.9 Å². The first-order valence-corrected chi connectivity index (χ1v) is 20.7. The fourth-order valence-electron chi connectivity index (χ4n) is 6.29. The number of nitriles is 1. The van der Waals surface area contributed by atoms with Crippen molar-refractivity contribution in [3.8, 4) is 6.07 Å². The van der Waals surface area contributed by atoms with Crippen molar-refractivity contribution in [1.29, 1.82) is 5.26 Å². The van der Waals surface area contributed by atoms with Gasteiger partial charge in [-0.05, 0) is 30.4 Å². The van der Waals surface area contributed by atoms with Gasteiger partial charge in [-0.1, -0.05) is 44.2 Å². The highest BCUT2D eigenvalue weighted by Crippen LogP contribution is 2.55. The summed E-state index contributed by atoms with van der Waals surface area (Å²) in [5.41, 5.74) is -0.0497. The molecular formula is C34H38FN12O9PS. The molecule has 1 aromatic carbocycles. The maximum Gasteiger partial charge on any atom is 0.327 e. The Balaban J connectivity index is 1.06. The van der Waals surface area contributed by atoms with E-state index in [1.54, 1.807) is 51.1 Å². The molecule has 4 aromatic heterocycles. The number of hydrogen-bond acceptors (Lipinski definition) is 17. The van der Waals surface area contributed by atoms with Gasteiger partial charge in [0.1, 0.15) is 18.5 Å². The van der Waals surface area contributed by atoms with Gasteiger partial charge < -0.3 is 28.9 Å². The third-order valence-corrected chi connectivity index (χ3v) is 11.6. The van der Waals surface area contributed by atoms with Crippen molar-refractivity contribution in [3.05, 3.63) is 58.9 Å². The number of benzene rings is 1. The van der Waals surface area contributed by atoms with Gasteiger partial charge in [-0.25, -0.2) is 19.3 Å². The lowest BCUT2D eigenvalue weighted by molar-refractivity contribution is -0.118. The normalized spacial score (nSPS) is 24.3. The maximum atomic E-state index is 16.6. The number of aromatic nitrogens is 9. The molecule has 2 amide bonds. The number of rotatable bonds is 15. The maximum absolute atomic E-state index is 16.6. The summed E-state index contributed by atoms with van der Waals surface area (Å²) in [6, 6.07) is 10.4. The second kappa shape index (κ2) is 17.4. The zero-order valence-electron chi connectivity index (χ0n) is 31.2. The topological polar surface area (TPSA) is 268 Å². The van der Waals surface area contributed by atoms with Crippen LogP contribution in [-0.4, -0.2) is 105 Å². The third-order valence-electron chi connectivity index (χ3n) is 9.21. The standard InChI is InChI=1S/C34H38FN12O9PS/c1-4-21-25(22(35)33(55-21)47-27-23(44-45-47)26(37-15-38-27)40-30(50)18-9-6-5-7-10-18)56-57(58,52-12-8-11-36)53-14-19-13-20(48)32(54-19)46-16-39-24-28(46)41-34(43-31(24)51)42-29(49)17(2)3/h5-7,9-10,15-17,19-22,25,32-33,48H,4,8,12-14H2,1-3H3,(H,37,38,40,50)(H2,41,42,43,49,51)/t19-,20-,21+,22-,25+,32+,33+,57?/m0/s1. The summed E-state index contributed by atoms with van der Waals surface area (Å²) in [6.45, 7) is 0.804. The van der Waals surface area contributed by atoms with Gasteiger partial charge in [-0.3, -0.25) is 33.8 Å². The van der Waals surface area contributed by atoms with Gasteiger partial charge in [0.2, 0.25) is 11.9 Å². The summed E-state index contributed by atoms with van der Waals surface area (Å²) in [4.78, 5) is 57.1. The predicted molar refractivity (Wildman–Crippen MR) is 204 cm³/mol. The van der Waals surface area contributed by atoms with E-state index in [1.807, 2.05) is 6.07 Å². The first-order valence-electron chi connectivity index (χ1n) is 18.2. The van der Waals surface area contributed by atoms with E-state index in [-0.39, 0.29) is 78.4 Å². The molecule has 7 rings (SSSR count). The molecule has 306 valence electrons. The van der Waals surface area contributed by atoms with Crippen molar-refractivity contribution in [2.45, 2.75) is 83.1 Å². The molecule has 4 N–H and O–H groups in total. The summed E-state index contributed by atoms with van der Waals surface area (Å²) in [5.74, 6) is -1.25. The Kier molecular flexibility index (Phi) is 12.3. The minimum absolute atomic E-state index is 0.0327. The number of amides is 2. The van der Waals surface area contributed by atoms with Gasteiger partial charge in [-0.2, -0.15) is 14.9 Å². The van der Waals surface area contributed by atoms with Crippen molar-refractivity contribution < 1.29 is 42.1 Å². The molecule has 24 heteroatoms. The van der Waals surface area contributed by atoms with E-state index in [9.17, 15) is 24.8 Å². The molecule has 5 aromatic rings. The summed E-state index contributed by atoms with van der Waals surface area (Å²) < 4.78 is 49.2. The quantitative estimate of drug-likeness (QED) is 0.0871. The van der Waals surface area contributed by atoms with E-state index in [0.717, 1.165) is 4.68 Å². The van der Waals surface area contributed by atoms with Crippen LogP contribution in [-0.2, 0) is 39.6 Å². The van der Waals surface area contributed by atoms with Crippen LogP contribution in [0.1, 0.15) is 62.8 Å². The van der Waals surface area contributed by atoms with E-state index >= 15 is 4.39 Å². The van der Waals surface area contributed by atoms with Gasteiger partial charge in [0.05, 0.1) is 44.2 Å². The van der Waals surface area contributed by atoms with E-state index in [0.29, 0.717) is 5.56 Å². The lowest BCUT2D eigenvalue weighted by atomic mass is 10.1. The molecule has 2 aliphatic heterocycles. The second-order valence-electron chi connectivity index (χ2n) is 13.6. The number of aliphatic hydroxyl groups excluding tert-OH is 1. The molecule has 1 unspecified atom stereocenters. The number of imidazole rings is 1. The number of nitrogens with zero attached hydrogens (tertiary/aromatic N) is 9. The molecule has 58 heavy (non-hydrogen) atoms. The Hall–Kier alpha value is -5.18.